The Morgan fingerprint density at radius 1 is 1.70 bits per heavy atom. The highest BCUT2D eigenvalue weighted by Crippen LogP contribution is 2.08. The van der Waals surface area contributed by atoms with Crippen molar-refractivity contribution in [3.05, 3.63) is 23.6 Å². The summed E-state index contributed by atoms with van der Waals surface area (Å²) < 4.78 is 12.6. The number of carbonyl (C=O) groups excluding carboxylic acids is 1. The summed E-state index contributed by atoms with van der Waals surface area (Å²) in [6.07, 6.45) is 1.68. The van der Waals surface area contributed by atoms with Crippen LogP contribution in [0.15, 0.2) is 12.3 Å². The highest BCUT2D eigenvalue weighted by atomic mass is 19.1. The Balaban J connectivity index is 3.27. The van der Waals surface area contributed by atoms with Crippen LogP contribution in [0, 0.1) is 5.82 Å². The molecule has 0 saturated heterocycles. The van der Waals surface area contributed by atoms with Crippen LogP contribution in [-0.2, 0) is 0 Å². The molecule has 0 saturated carbocycles. The second-order valence-electron chi connectivity index (χ2n) is 1.72. The zero-order chi connectivity index (χ0) is 7.56. The number of nitrogens with two attached hydrogens (primary N) is 1. The fourth-order valence-electron chi connectivity index (χ4n) is 0.567. The summed E-state index contributed by atoms with van der Waals surface area (Å²) in [5.41, 5.74) is 4.99. The number of carbonyl (C=O) groups is 1. The van der Waals surface area contributed by atoms with Gasteiger partial charge in [0, 0.05) is 6.20 Å². The zero-order valence-corrected chi connectivity index (χ0v) is 5.04. The van der Waals surface area contributed by atoms with Crippen LogP contribution in [0.25, 0.3) is 0 Å². The van der Waals surface area contributed by atoms with E-state index in [1.54, 1.807) is 0 Å². The first kappa shape index (κ1) is 6.67. The summed E-state index contributed by atoms with van der Waals surface area (Å²) in [7, 11) is 0. The SMILES string of the molecule is Nc1nccc(C=O)c1F. The van der Waals surface area contributed by atoms with Crippen molar-refractivity contribution in [2.75, 3.05) is 5.73 Å². The number of pyridine rings is 1. The Labute approximate surface area is 56.7 Å². The van der Waals surface area contributed by atoms with E-state index in [1.807, 2.05) is 0 Å². The van der Waals surface area contributed by atoms with Gasteiger partial charge in [-0.25, -0.2) is 9.37 Å². The minimum atomic E-state index is -0.752. The molecule has 1 aromatic rings. The van der Waals surface area contributed by atoms with Crippen molar-refractivity contribution >= 4 is 12.1 Å². The number of nitrogen functional groups attached to an aromatic ring is 1. The highest BCUT2D eigenvalue weighted by molar-refractivity contribution is 5.76. The van der Waals surface area contributed by atoms with E-state index in [1.165, 1.54) is 12.3 Å². The summed E-state index contributed by atoms with van der Waals surface area (Å²) in [5.74, 6) is -0.998. The molecule has 0 atom stereocenters. The van der Waals surface area contributed by atoms with E-state index in [2.05, 4.69) is 4.98 Å². The van der Waals surface area contributed by atoms with Gasteiger partial charge < -0.3 is 5.73 Å². The third-order valence-electron chi connectivity index (χ3n) is 1.07. The molecule has 0 aliphatic carbocycles. The maximum absolute atomic E-state index is 12.6. The first-order valence-corrected chi connectivity index (χ1v) is 2.61. The van der Waals surface area contributed by atoms with Crippen LogP contribution in [0.2, 0.25) is 0 Å². The van der Waals surface area contributed by atoms with Gasteiger partial charge in [-0.15, -0.1) is 0 Å². The number of hydrogen-bond acceptors (Lipinski definition) is 3. The van der Waals surface area contributed by atoms with Gasteiger partial charge in [0.2, 0.25) is 0 Å². The predicted molar refractivity (Wildman–Crippen MR) is 34.0 cm³/mol. The minimum absolute atomic E-state index is 0.0625. The van der Waals surface area contributed by atoms with Gasteiger partial charge in [0.15, 0.2) is 17.9 Å². The Kier molecular flexibility index (Phi) is 1.62. The Morgan fingerprint density at radius 2 is 2.40 bits per heavy atom. The van der Waals surface area contributed by atoms with E-state index in [0.717, 1.165) is 0 Å². The van der Waals surface area contributed by atoms with Crippen LogP contribution in [0.3, 0.4) is 0 Å². The molecule has 0 bridgehead atoms. The molecule has 0 aliphatic rings. The number of halogens is 1. The molecule has 52 valence electrons. The van der Waals surface area contributed by atoms with Gasteiger partial charge in [-0.2, -0.15) is 0 Å². The third kappa shape index (κ3) is 0.953. The van der Waals surface area contributed by atoms with Gasteiger partial charge >= 0.3 is 0 Å². The van der Waals surface area contributed by atoms with Crippen molar-refractivity contribution < 1.29 is 9.18 Å². The molecule has 1 heterocycles. The Bertz CT molecular complexity index is 262. The van der Waals surface area contributed by atoms with Crippen molar-refractivity contribution in [2.45, 2.75) is 0 Å². The first-order valence-electron chi connectivity index (χ1n) is 2.61. The van der Waals surface area contributed by atoms with Crippen molar-refractivity contribution in [3.63, 3.8) is 0 Å². The summed E-state index contributed by atoms with van der Waals surface area (Å²) in [4.78, 5) is 13.5. The summed E-state index contributed by atoms with van der Waals surface area (Å²) >= 11 is 0. The lowest BCUT2D eigenvalue weighted by molar-refractivity contribution is 0.112. The lowest BCUT2D eigenvalue weighted by Gasteiger charge is -1.94. The third-order valence-corrected chi connectivity index (χ3v) is 1.07. The number of aldehydes is 1. The van der Waals surface area contributed by atoms with Crippen molar-refractivity contribution in [3.8, 4) is 0 Å². The maximum atomic E-state index is 12.6. The number of anilines is 1. The van der Waals surface area contributed by atoms with E-state index >= 15 is 0 Å². The van der Waals surface area contributed by atoms with Gasteiger partial charge in [0.25, 0.3) is 0 Å². The smallest absolute Gasteiger partial charge is 0.175 e. The largest absolute Gasteiger partial charge is 0.381 e. The summed E-state index contributed by atoms with van der Waals surface area (Å²) in [5, 5.41) is 0. The van der Waals surface area contributed by atoms with E-state index in [9.17, 15) is 9.18 Å². The van der Waals surface area contributed by atoms with E-state index in [4.69, 9.17) is 5.73 Å². The van der Waals surface area contributed by atoms with E-state index < -0.39 is 5.82 Å². The molecular weight excluding hydrogens is 135 g/mol. The van der Waals surface area contributed by atoms with Gasteiger partial charge in [0.1, 0.15) is 0 Å². The molecule has 10 heavy (non-hydrogen) atoms. The Morgan fingerprint density at radius 3 is 2.90 bits per heavy atom. The quantitative estimate of drug-likeness (QED) is 0.581. The molecule has 3 nitrogen and oxygen atoms in total. The molecule has 0 amide bonds. The fourth-order valence-corrected chi connectivity index (χ4v) is 0.567. The molecular formula is C6H5FN2O. The molecule has 0 fully saturated rings. The van der Waals surface area contributed by atoms with E-state index in [0.29, 0.717) is 6.29 Å². The second kappa shape index (κ2) is 2.43. The zero-order valence-electron chi connectivity index (χ0n) is 5.04. The number of aromatic nitrogens is 1. The van der Waals surface area contributed by atoms with Crippen LogP contribution in [0.4, 0.5) is 10.2 Å². The van der Waals surface area contributed by atoms with Crippen molar-refractivity contribution in [1.29, 1.82) is 0 Å². The van der Waals surface area contributed by atoms with Gasteiger partial charge in [-0.05, 0) is 6.07 Å². The standard InChI is InChI=1S/C6H5FN2O/c7-5-4(3-10)1-2-9-6(5)8/h1-3H,(H2,8,9). The molecule has 0 spiro atoms. The maximum Gasteiger partial charge on any atom is 0.175 e. The summed E-state index contributed by atoms with van der Waals surface area (Å²) in [6.45, 7) is 0. The predicted octanol–water partition coefficient (Wildman–Crippen LogP) is 0.615. The average Bonchev–Trinajstić information content (AvgIpc) is 1.95. The van der Waals surface area contributed by atoms with Crippen LogP contribution in [0.1, 0.15) is 10.4 Å². The Hall–Kier alpha value is -1.45. The topological polar surface area (TPSA) is 56.0 Å². The van der Waals surface area contributed by atoms with Crippen LogP contribution >= 0.6 is 0 Å². The van der Waals surface area contributed by atoms with E-state index in [-0.39, 0.29) is 11.4 Å². The number of rotatable bonds is 1. The van der Waals surface area contributed by atoms with Crippen LogP contribution < -0.4 is 5.73 Å². The van der Waals surface area contributed by atoms with Crippen LogP contribution in [-0.4, -0.2) is 11.3 Å². The number of nitrogens with zero attached hydrogens (tertiary/aromatic N) is 1. The van der Waals surface area contributed by atoms with Gasteiger partial charge in [-0.1, -0.05) is 0 Å². The lowest BCUT2D eigenvalue weighted by Crippen LogP contribution is -1.97. The molecule has 0 radical (unpaired) electrons. The molecule has 2 N–H and O–H groups in total. The van der Waals surface area contributed by atoms with Gasteiger partial charge in [0.05, 0.1) is 5.56 Å². The molecule has 1 rings (SSSR count). The second-order valence-corrected chi connectivity index (χ2v) is 1.72. The monoisotopic (exact) mass is 140 g/mol. The average molecular weight is 140 g/mol. The molecule has 0 aromatic carbocycles. The van der Waals surface area contributed by atoms with Crippen molar-refractivity contribution in [1.82, 2.24) is 4.98 Å². The summed E-state index contributed by atoms with van der Waals surface area (Å²) in [6, 6.07) is 1.26. The molecule has 4 heteroatoms. The number of hydrogen-bond donors (Lipinski definition) is 1. The highest BCUT2D eigenvalue weighted by Gasteiger charge is 2.03. The molecule has 0 aliphatic heterocycles. The normalized spacial score (nSPS) is 9.30. The molecule has 0 unspecified atom stereocenters. The molecule has 1 aromatic heterocycles. The van der Waals surface area contributed by atoms with Crippen molar-refractivity contribution in [2.24, 2.45) is 0 Å². The van der Waals surface area contributed by atoms with Crippen LogP contribution in [0.5, 0.6) is 0 Å². The fraction of sp³-hybridized carbons (Fsp3) is 0. The first-order chi connectivity index (χ1) is 4.75. The van der Waals surface area contributed by atoms with Gasteiger partial charge in [-0.3, -0.25) is 4.79 Å². The minimum Gasteiger partial charge on any atom is -0.381 e. The lowest BCUT2D eigenvalue weighted by atomic mass is 10.3.